The largest absolute Gasteiger partial charge is 0.291 e. The maximum Gasteiger partial charge on any atom is 0.126 e. The quantitative estimate of drug-likeness (QED) is 0.620. The molecule has 10 heavy (non-hydrogen) atoms. The Morgan fingerprint density at radius 2 is 2.10 bits per heavy atom. The zero-order chi connectivity index (χ0) is 7.56. The Morgan fingerprint density at radius 1 is 1.40 bits per heavy atom. The average molecular weight is 162 g/mol. The molecule has 0 amide bonds. The van der Waals surface area contributed by atoms with Crippen LogP contribution in [0.2, 0.25) is 5.02 Å². The van der Waals surface area contributed by atoms with Gasteiger partial charge in [-0.3, -0.25) is 10.7 Å². The summed E-state index contributed by atoms with van der Waals surface area (Å²) in [6.45, 7) is 0. The molecule has 1 aromatic rings. The molecular formula is C6H5ClFNO. The summed E-state index contributed by atoms with van der Waals surface area (Å²) < 4.78 is 12.4. The van der Waals surface area contributed by atoms with Gasteiger partial charge in [-0.05, 0) is 18.2 Å². The highest BCUT2D eigenvalue weighted by molar-refractivity contribution is 6.30. The lowest BCUT2D eigenvalue weighted by Crippen LogP contribution is -1.89. The fourth-order valence-corrected chi connectivity index (χ4v) is 0.840. The molecule has 0 aromatic heterocycles. The zero-order valence-electron chi connectivity index (χ0n) is 4.94. The van der Waals surface area contributed by atoms with E-state index in [4.69, 9.17) is 16.8 Å². The van der Waals surface area contributed by atoms with Crippen LogP contribution in [0.3, 0.4) is 0 Å². The molecule has 0 saturated heterocycles. The third-order valence-corrected chi connectivity index (χ3v) is 1.21. The van der Waals surface area contributed by atoms with Crippen molar-refractivity contribution in [2.75, 3.05) is 5.48 Å². The first-order chi connectivity index (χ1) is 4.72. The molecule has 0 aliphatic carbocycles. The molecule has 0 heterocycles. The molecular weight excluding hydrogens is 157 g/mol. The van der Waals surface area contributed by atoms with Crippen molar-refractivity contribution in [1.82, 2.24) is 0 Å². The highest BCUT2D eigenvalue weighted by Gasteiger charge is 1.95. The molecule has 0 radical (unpaired) electrons. The second-order valence-corrected chi connectivity index (χ2v) is 2.21. The van der Waals surface area contributed by atoms with E-state index in [1.165, 1.54) is 6.07 Å². The zero-order valence-corrected chi connectivity index (χ0v) is 5.69. The van der Waals surface area contributed by atoms with Crippen molar-refractivity contribution in [2.45, 2.75) is 0 Å². The first-order valence-corrected chi connectivity index (χ1v) is 2.96. The molecule has 4 heteroatoms. The van der Waals surface area contributed by atoms with E-state index >= 15 is 0 Å². The lowest BCUT2D eigenvalue weighted by Gasteiger charge is -1.97. The summed E-state index contributed by atoms with van der Waals surface area (Å²) in [4.78, 5) is 0. The Bertz CT molecular complexity index is 221. The summed E-state index contributed by atoms with van der Waals surface area (Å²) >= 11 is 5.44. The van der Waals surface area contributed by atoms with E-state index in [1.54, 1.807) is 5.48 Å². The van der Waals surface area contributed by atoms with Gasteiger partial charge in [-0.2, -0.15) is 0 Å². The van der Waals surface area contributed by atoms with E-state index in [0.29, 0.717) is 0 Å². The van der Waals surface area contributed by atoms with E-state index in [1.807, 2.05) is 0 Å². The van der Waals surface area contributed by atoms with Gasteiger partial charge in [0.05, 0.1) is 5.69 Å². The van der Waals surface area contributed by atoms with E-state index < -0.39 is 5.82 Å². The Kier molecular flexibility index (Phi) is 2.09. The van der Waals surface area contributed by atoms with Gasteiger partial charge in [0.1, 0.15) is 5.82 Å². The highest BCUT2D eigenvalue weighted by atomic mass is 35.5. The second-order valence-electron chi connectivity index (χ2n) is 1.77. The van der Waals surface area contributed by atoms with Crippen LogP contribution in [-0.2, 0) is 0 Å². The molecule has 0 spiro atoms. The Balaban J connectivity index is 3.06. The molecule has 54 valence electrons. The molecule has 1 rings (SSSR count). The first-order valence-electron chi connectivity index (χ1n) is 2.58. The van der Waals surface area contributed by atoms with Crippen LogP contribution in [0.15, 0.2) is 18.2 Å². The maximum absolute atomic E-state index is 12.4. The molecule has 0 bridgehead atoms. The van der Waals surface area contributed by atoms with Crippen molar-refractivity contribution < 1.29 is 9.60 Å². The highest BCUT2D eigenvalue weighted by Crippen LogP contribution is 2.16. The topological polar surface area (TPSA) is 32.3 Å². The number of nitrogens with one attached hydrogen (secondary N) is 1. The summed E-state index contributed by atoms with van der Waals surface area (Å²) in [7, 11) is 0. The van der Waals surface area contributed by atoms with Gasteiger partial charge in [0.25, 0.3) is 0 Å². The Labute approximate surface area is 62.2 Å². The van der Waals surface area contributed by atoms with Gasteiger partial charge in [-0.1, -0.05) is 11.6 Å². The molecule has 1 aromatic carbocycles. The smallest absolute Gasteiger partial charge is 0.126 e. The molecule has 0 aliphatic heterocycles. The molecule has 2 N–H and O–H groups in total. The second kappa shape index (κ2) is 2.86. The minimum atomic E-state index is -0.482. The average Bonchev–Trinajstić information content (AvgIpc) is 1.85. The molecule has 0 unspecified atom stereocenters. The van der Waals surface area contributed by atoms with Crippen molar-refractivity contribution in [3.63, 3.8) is 0 Å². The predicted molar refractivity (Wildman–Crippen MR) is 36.8 cm³/mol. The summed E-state index contributed by atoms with van der Waals surface area (Å²) in [5.74, 6) is -0.482. The van der Waals surface area contributed by atoms with E-state index in [-0.39, 0.29) is 10.7 Å². The summed E-state index contributed by atoms with van der Waals surface area (Å²) in [5.41, 5.74) is 2.02. The van der Waals surface area contributed by atoms with Gasteiger partial charge in [0.2, 0.25) is 0 Å². The van der Waals surface area contributed by atoms with Gasteiger partial charge < -0.3 is 0 Å². The van der Waals surface area contributed by atoms with Crippen LogP contribution in [0.4, 0.5) is 10.1 Å². The van der Waals surface area contributed by atoms with Crippen molar-refractivity contribution in [3.05, 3.63) is 29.0 Å². The van der Waals surface area contributed by atoms with E-state index in [0.717, 1.165) is 12.1 Å². The Hall–Kier alpha value is -0.800. The van der Waals surface area contributed by atoms with Crippen molar-refractivity contribution in [2.24, 2.45) is 0 Å². The number of rotatable bonds is 1. The lowest BCUT2D eigenvalue weighted by atomic mass is 10.3. The summed E-state index contributed by atoms with van der Waals surface area (Å²) in [6.07, 6.45) is 0. The standard InChI is InChI=1S/C6H5ClFNO/c7-4-1-5(8)3-6(2-4)9-10/h1-3,9-10H. The molecule has 0 atom stereocenters. The van der Waals surface area contributed by atoms with Gasteiger partial charge in [0, 0.05) is 5.02 Å². The SMILES string of the molecule is ONc1cc(F)cc(Cl)c1. The maximum atomic E-state index is 12.4. The molecule has 0 saturated carbocycles. The number of hydrogen-bond acceptors (Lipinski definition) is 2. The van der Waals surface area contributed by atoms with E-state index in [9.17, 15) is 4.39 Å². The summed E-state index contributed by atoms with van der Waals surface area (Å²) in [6, 6.07) is 3.69. The van der Waals surface area contributed by atoms with Crippen molar-refractivity contribution >= 4 is 17.3 Å². The predicted octanol–water partition coefficient (Wildman–Crippen LogP) is 2.28. The number of benzene rings is 1. The van der Waals surface area contributed by atoms with Crippen LogP contribution >= 0.6 is 11.6 Å². The minimum Gasteiger partial charge on any atom is -0.291 e. The van der Waals surface area contributed by atoms with Gasteiger partial charge >= 0.3 is 0 Å². The number of anilines is 1. The number of halogens is 2. The molecule has 2 nitrogen and oxygen atoms in total. The van der Waals surface area contributed by atoms with Crippen LogP contribution in [0, 0.1) is 5.82 Å². The van der Waals surface area contributed by atoms with Gasteiger partial charge in [-0.15, -0.1) is 0 Å². The van der Waals surface area contributed by atoms with Gasteiger partial charge in [0.15, 0.2) is 0 Å². The van der Waals surface area contributed by atoms with Crippen LogP contribution in [0.5, 0.6) is 0 Å². The van der Waals surface area contributed by atoms with Crippen molar-refractivity contribution in [3.8, 4) is 0 Å². The third kappa shape index (κ3) is 1.59. The first kappa shape index (κ1) is 7.31. The molecule has 0 fully saturated rings. The third-order valence-electron chi connectivity index (χ3n) is 0.992. The van der Waals surface area contributed by atoms with Crippen LogP contribution in [0.1, 0.15) is 0 Å². The van der Waals surface area contributed by atoms with Crippen molar-refractivity contribution in [1.29, 1.82) is 0 Å². The van der Waals surface area contributed by atoms with Crippen LogP contribution in [-0.4, -0.2) is 5.21 Å². The lowest BCUT2D eigenvalue weighted by molar-refractivity contribution is 0.388. The van der Waals surface area contributed by atoms with E-state index in [2.05, 4.69) is 0 Å². The number of hydrogen-bond donors (Lipinski definition) is 2. The fraction of sp³-hybridized carbons (Fsp3) is 0. The molecule has 0 aliphatic rings. The van der Waals surface area contributed by atoms with Crippen LogP contribution in [0.25, 0.3) is 0 Å². The fourth-order valence-electron chi connectivity index (χ4n) is 0.618. The summed E-state index contributed by atoms with van der Waals surface area (Å²) in [5, 5.41) is 8.56. The monoisotopic (exact) mass is 161 g/mol. The Morgan fingerprint density at radius 3 is 2.60 bits per heavy atom. The van der Waals surface area contributed by atoms with Crippen LogP contribution < -0.4 is 5.48 Å². The minimum absolute atomic E-state index is 0.241. The normalized spacial score (nSPS) is 9.50. The van der Waals surface area contributed by atoms with Gasteiger partial charge in [-0.25, -0.2) is 4.39 Å².